The second-order valence-corrected chi connectivity index (χ2v) is 7.19. The van der Waals surface area contributed by atoms with E-state index in [1.165, 1.54) is 5.56 Å². The molecule has 1 aliphatic heterocycles. The lowest BCUT2D eigenvalue weighted by Crippen LogP contribution is -1.92. The van der Waals surface area contributed by atoms with Gasteiger partial charge in [0.15, 0.2) is 11.5 Å². The summed E-state index contributed by atoms with van der Waals surface area (Å²) < 4.78 is 16.2. The van der Waals surface area contributed by atoms with Crippen LogP contribution in [0.15, 0.2) is 52.4 Å². The van der Waals surface area contributed by atoms with Crippen molar-refractivity contribution in [3.05, 3.63) is 64.3 Å². The van der Waals surface area contributed by atoms with Crippen molar-refractivity contribution in [2.45, 2.75) is 13.3 Å². The Labute approximate surface area is 159 Å². The Balaban J connectivity index is 1.34. The first kappa shape index (κ1) is 16.0. The van der Waals surface area contributed by atoms with Gasteiger partial charge in [-0.2, -0.15) is 4.98 Å². The maximum absolute atomic E-state index is 5.44. The van der Waals surface area contributed by atoms with Crippen LogP contribution < -0.4 is 9.47 Å². The van der Waals surface area contributed by atoms with Crippen molar-refractivity contribution in [2.75, 3.05) is 6.79 Å². The maximum atomic E-state index is 5.44. The van der Waals surface area contributed by atoms with Crippen LogP contribution in [0.5, 0.6) is 11.5 Å². The molecule has 0 bridgehead atoms. The lowest BCUT2D eigenvalue weighted by atomic mass is 10.1. The number of ether oxygens (including phenoxy) is 2. The number of rotatable bonds is 4. The van der Waals surface area contributed by atoms with Gasteiger partial charge in [-0.3, -0.25) is 0 Å². The van der Waals surface area contributed by atoms with Crippen LogP contribution >= 0.6 is 11.3 Å². The molecular formula is C20H15N3O3S. The molecule has 0 unspecified atom stereocenters. The van der Waals surface area contributed by atoms with Crippen LogP contribution in [0, 0.1) is 6.92 Å². The number of fused-ring (bicyclic) bond motifs is 1. The molecule has 7 heteroatoms. The predicted octanol–water partition coefficient (Wildman–Crippen LogP) is 4.49. The minimum atomic E-state index is 0.265. The number of hydrogen-bond acceptors (Lipinski definition) is 7. The zero-order chi connectivity index (χ0) is 18.2. The second-order valence-electron chi connectivity index (χ2n) is 6.25. The Kier molecular flexibility index (Phi) is 3.86. The topological polar surface area (TPSA) is 70.3 Å². The molecule has 5 rings (SSSR count). The molecule has 1 aliphatic rings. The van der Waals surface area contributed by atoms with Crippen molar-refractivity contribution in [1.82, 2.24) is 15.1 Å². The number of hydrogen-bond donors (Lipinski definition) is 0. The maximum Gasteiger partial charge on any atom is 0.233 e. The summed E-state index contributed by atoms with van der Waals surface area (Å²) in [6.07, 6.45) is 0.508. The second kappa shape index (κ2) is 6.51. The summed E-state index contributed by atoms with van der Waals surface area (Å²) in [5, 5.41) is 7.01. The molecule has 3 heterocycles. The van der Waals surface area contributed by atoms with Gasteiger partial charge in [-0.05, 0) is 25.1 Å². The van der Waals surface area contributed by atoms with Gasteiger partial charge in [0.1, 0.15) is 5.01 Å². The summed E-state index contributed by atoms with van der Waals surface area (Å²) in [6, 6.07) is 13.9. The molecule has 2 aromatic carbocycles. The van der Waals surface area contributed by atoms with E-state index in [1.807, 2.05) is 54.8 Å². The van der Waals surface area contributed by atoms with E-state index in [-0.39, 0.29) is 6.79 Å². The highest BCUT2D eigenvalue weighted by atomic mass is 32.1. The van der Waals surface area contributed by atoms with E-state index in [4.69, 9.17) is 14.0 Å². The van der Waals surface area contributed by atoms with Gasteiger partial charge in [-0.25, -0.2) is 4.98 Å². The van der Waals surface area contributed by atoms with Gasteiger partial charge in [-0.15, -0.1) is 11.3 Å². The van der Waals surface area contributed by atoms with Crippen LogP contribution in [0.3, 0.4) is 0 Å². The quantitative estimate of drug-likeness (QED) is 0.522. The van der Waals surface area contributed by atoms with E-state index in [0.29, 0.717) is 18.1 Å². The molecule has 0 amide bonds. The Morgan fingerprint density at radius 3 is 2.67 bits per heavy atom. The first-order chi connectivity index (χ1) is 13.2. The predicted molar refractivity (Wildman–Crippen MR) is 101 cm³/mol. The van der Waals surface area contributed by atoms with Gasteiger partial charge >= 0.3 is 0 Å². The molecule has 4 aromatic rings. The molecule has 134 valence electrons. The summed E-state index contributed by atoms with van der Waals surface area (Å²) in [5.74, 6) is 2.67. The van der Waals surface area contributed by atoms with Gasteiger partial charge < -0.3 is 14.0 Å². The molecule has 0 atom stereocenters. The van der Waals surface area contributed by atoms with Crippen molar-refractivity contribution in [1.29, 1.82) is 0 Å². The number of aromatic nitrogens is 3. The third-order valence-corrected chi connectivity index (χ3v) is 5.15. The Bertz CT molecular complexity index is 1100. The summed E-state index contributed by atoms with van der Waals surface area (Å²) in [5.41, 5.74) is 4.02. The fourth-order valence-corrected chi connectivity index (χ4v) is 3.65. The third kappa shape index (κ3) is 3.17. The fraction of sp³-hybridized carbons (Fsp3) is 0.150. The summed E-state index contributed by atoms with van der Waals surface area (Å²) in [7, 11) is 0. The van der Waals surface area contributed by atoms with Crippen molar-refractivity contribution < 1.29 is 14.0 Å². The van der Waals surface area contributed by atoms with Crippen LogP contribution in [-0.2, 0) is 6.42 Å². The van der Waals surface area contributed by atoms with Gasteiger partial charge in [0.2, 0.25) is 18.5 Å². The van der Waals surface area contributed by atoms with E-state index in [1.54, 1.807) is 11.3 Å². The van der Waals surface area contributed by atoms with E-state index in [0.717, 1.165) is 33.3 Å². The highest BCUT2D eigenvalue weighted by molar-refractivity contribution is 7.10. The monoisotopic (exact) mass is 377 g/mol. The summed E-state index contributed by atoms with van der Waals surface area (Å²) >= 11 is 1.57. The zero-order valence-corrected chi connectivity index (χ0v) is 15.3. The third-order valence-electron chi connectivity index (χ3n) is 4.30. The molecule has 0 aliphatic carbocycles. The SMILES string of the molecule is Cc1ccc(-c2noc(Cc3nc(-c4ccc5c(c4)OCO5)cs3)n2)cc1. The lowest BCUT2D eigenvalue weighted by molar-refractivity contribution is 0.174. The minimum absolute atomic E-state index is 0.265. The molecule has 0 saturated heterocycles. The van der Waals surface area contributed by atoms with Gasteiger partial charge in [0, 0.05) is 16.5 Å². The molecule has 6 nitrogen and oxygen atoms in total. The summed E-state index contributed by atoms with van der Waals surface area (Å²) in [4.78, 5) is 9.18. The van der Waals surface area contributed by atoms with Gasteiger partial charge in [0.25, 0.3) is 0 Å². The fourth-order valence-electron chi connectivity index (χ4n) is 2.86. The van der Waals surface area contributed by atoms with Crippen molar-refractivity contribution in [2.24, 2.45) is 0 Å². The number of nitrogens with zero attached hydrogens (tertiary/aromatic N) is 3. The van der Waals surface area contributed by atoms with Crippen molar-refractivity contribution >= 4 is 11.3 Å². The van der Waals surface area contributed by atoms with E-state index >= 15 is 0 Å². The van der Waals surface area contributed by atoms with Crippen LogP contribution in [0.25, 0.3) is 22.6 Å². The minimum Gasteiger partial charge on any atom is -0.454 e. The standard InChI is InChI=1S/C20H15N3O3S/c1-12-2-4-13(5-3-12)20-22-18(26-23-20)9-19-21-15(10-27-19)14-6-7-16-17(8-14)25-11-24-16/h2-8,10H,9,11H2,1H3. The highest BCUT2D eigenvalue weighted by Gasteiger charge is 2.16. The lowest BCUT2D eigenvalue weighted by Gasteiger charge is -1.99. The van der Waals surface area contributed by atoms with Crippen molar-refractivity contribution in [3.8, 4) is 34.1 Å². The average molecular weight is 377 g/mol. The normalized spacial score (nSPS) is 12.5. The molecule has 0 saturated carbocycles. The molecule has 27 heavy (non-hydrogen) atoms. The molecule has 0 fully saturated rings. The first-order valence-electron chi connectivity index (χ1n) is 8.49. The first-order valence-corrected chi connectivity index (χ1v) is 9.36. The van der Waals surface area contributed by atoms with E-state index in [9.17, 15) is 0 Å². The molecular weight excluding hydrogens is 362 g/mol. The van der Waals surface area contributed by atoms with Crippen LogP contribution in [-0.4, -0.2) is 21.9 Å². The Morgan fingerprint density at radius 2 is 1.78 bits per heavy atom. The van der Waals surface area contributed by atoms with Crippen molar-refractivity contribution in [3.63, 3.8) is 0 Å². The number of aryl methyl sites for hydroxylation is 1. The van der Waals surface area contributed by atoms with Crippen LogP contribution in [0.2, 0.25) is 0 Å². The average Bonchev–Trinajstić information content (AvgIpc) is 3.42. The molecule has 2 aromatic heterocycles. The Morgan fingerprint density at radius 1 is 0.963 bits per heavy atom. The molecule has 0 spiro atoms. The smallest absolute Gasteiger partial charge is 0.233 e. The zero-order valence-electron chi connectivity index (χ0n) is 14.5. The highest BCUT2D eigenvalue weighted by Crippen LogP contribution is 2.36. The molecule has 0 N–H and O–H groups in total. The van der Waals surface area contributed by atoms with E-state index < -0.39 is 0 Å². The van der Waals surface area contributed by atoms with Crippen LogP contribution in [0.1, 0.15) is 16.5 Å². The number of benzene rings is 2. The largest absolute Gasteiger partial charge is 0.454 e. The van der Waals surface area contributed by atoms with Crippen LogP contribution in [0.4, 0.5) is 0 Å². The Hall–Kier alpha value is -3.19. The molecule has 0 radical (unpaired) electrons. The van der Waals surface area contributed by atoms with Gasteiger partial charge in [0.05, 0.1) is 12.1 Å². The van der Waals surface area contributed by atoms with Gasteiger partial charge in [-0.1, -0.05) is 35.0 Å². The summed E-state index contributed by atoms with van der Waals surface area (Å²) in [6.45, 7) is 2.31. The van der Waals surface area contributed by atoms with E-state index in [2.05, 4.69) is 15.1 Å². The number of thiazole rings is 1.